The van der Waals surface area contributed by atoms with Crippen LogP contribution in [-0.4, -0.2) is 12.4 Å². The molecule has 0 saturated heterocycles. The maximum Gasteiger partial charge on any atom is 0.122 e. The average molecular weight is 210 g/mol. The number of unbranched alkanes of at least 4 members (excludes halogenated alkanes) is 1. The van der Waals surface area contributed by atoms with E-state index in [1.807, 2.05) is 12.1 Å². The SMILES string of the molecule is CCc1ccccc1OCCCCS. The zero-order chi connectivity index (χ0) is 10.2. The molecule has 0 saturated carbocycles. The van der Waals surface area contributed by atoms with Crippen LogP contribution < -0.4 is 4.74 Å². The number of para-hydroxylation sites is 1. The molecular formula is C12H18OS. The lowest BCUT2D eigenvalue weighted by Crippen LogP contribution is -1.99. The fraction of sp³-hybridized carbons (Fsp3) is 0.500. The fourth-order valence-corrected chi connectivity index (χ4v) is 1.56. The van der Waals surface area contributed by atoms with Crippen LogP contribution in [0.3, 0.4) is 0 Å². The van der Waals surface area contributed by atoms with E-state index >= 15 is 0 Å². The van der Waals surface area contributed by atoms with Crippen LogP contribution in [-0.2, 0) is 6.42 Å². The minimum Gasteiger partial charge on any atom is -0.493 e. The molecule has 2 heteroatoms. The molecule has 0 heterocycles. The molecule has 1 aromatic rings. The van der Waals surface area contributed by atoms with Crippen molar-refractivity contribution in [2.75, 3.05) is 12.4 Å². The van der Waals surface area contributed by atoms with Crippen molar-refractivity contribution in [2.45, 2.75) is 26.2 Å². The second-order valence-corrected chi connectivity index (χ2v) is 3.69. The van der Waals surface area contributed by atoms with Crippen molar-refractivity contribution in [1.29, 1.82) is 0 Å². The van der Waals surface area contributed by atoms with Crippen molar-refractivity contribution in [2.24, 2.45) is 0 Å². The molecule has 1 nitrogen and oxygen atoms in total. The van der Waals surface area contributed by atoms with Crippen LogP contribution in [0.25, 0.3) is 0 Å². The Morgan fingerprint density at radius 1 is 1.21 bits per heavy atom. The summed E-state index contributed by atoms with van der Waals surface area (Å²) in [7, 11) is 0. The highest BCUT2D eigenvalue weighted by Gasteiger charge is 1.99. The largest absolute Gasteiger partial charge is 0.493 e. The minimum absolute atomic E-state index is 0.803. The van der Waals surface area contributed by atoms with Crippen LogP contribution in [0.1, 0.15) is 25.3 Å². The quantitative estimate of drug-likeness (QED) is 0.559. The van der Waals surface area contributed by atoms with Crippen molar-refractivity contribution in [3.63, 3.8) is 0 Å². The third-order valence-corrected chi connectivity index (χ3v) is 2.48. The molecule has 0 aliphatic rings. The molecule has 78 valence electrons. The van der Waals surface area contributed by atoms with Crippen LogP contribution in [0.15, 0.2) is 24.3 Å². The molecule has 0 bridgehead atoms. The summed E-state index contributed by atoms with van der Waals surface area (Å²) in [5, 5.41) is 0. The van der Waals surface area contributed by atoms with Gasteiger partial charge in [-0.1, -0.05) is 25.1 Å². The number of thiol groups is 1. The van der Waals surface area contributed by atoms with Gasteiger partial charge >= 0.3 is 0 Å². The van der Waals surface area contributed by atoms with Gasteiger partial charge in [-0.05, 0) is 36.6 Å². The Bertz CT molecular complexity index is 260. The number of benzene rings is 1. The first kappa shape index (κ1) is 11.4. The van der Waals surface area contributed by atoms with E-state index in [1.54, 1.807) is 0 Å². The molecule has 0 aliphatic carbocycles. The van der Waals surface area contributed by atoms with Gasteiger partial charge in [0.25, 0.3) is 0 Å². The van der Waals surface area contributed by atoms with E-state index in [0.717, 1.165) is 37.4 Å². The fourth-order valence-electron chi connectivity index (χ4n) is 1.33. The van der Waals surface area contributed by atoms with Gasteiger partial charge in [0, 0.05) is 0 Å². The van der Waals surface area contributed by atoms with Gasteiger partial charge in [-0.2, -0.15) is 12.6 Å². The Balaban J connectivity index is 2.41. The first-order valence-corrected chi connectivity index (χ1v) is 5.83. The average Bonchev–Trinajstić information content (AvgIpc) is 2.25. The summed E-state index contributed by atoms with van der Waals surface area (Å²) >= 11 is 4.16. The third kappa shape index (κ3) is 3.62. The Labute approximate surface area is 91.9 Å². The Hall–Kier alpha value is -0.630. The first-order valence-electron chi connectivity index (χ1n) is 5.20. The van der Waals surface area contributed by atoms with Gasteiger partial charge in [0.1, 0.15) is 5.75 Å². The van der Waals surface area contributed by atoms with E-state index in [-0.39, 0.29) is 0 Å². The van der Waals surface area contributed by atoms with Crippen LogP contribution in [0.5, 0.6) is 5.75 Å². The topological polar surface area (TPSA) is 9.23 Å². The summed E-state index contributed by atoms with van der Waals surface area (Å²) in [5.41, 5.74) is 1.29. The van der Waals surface area contributed by atoms with Gasteiger partial charge in [-0.15, -0.1) is 0 Å². The first-order chi connectivity index (χ1) is 6.88. The summed E-state index contributed by atoms with van der Waals surface area (Å²) in [6.45, 7) is 2.95. The number of rotatable bonds is 6. The van der Waals surface area contributed by atoms with Gasteiger partial charge in [0.15, 0.2) is 0 Å². The van der Waals surface area contributed by atoms with Crippen molar-refractivity contribution in [3.8, 4) is 5.75 Å². The lowest BCUT2D eigenvalue weighted by atomic mass is 10.1. The standard InChI is InChI=1S/C12H18OS/c1-2-11-7-3-4-8-12(11)13-9-5-6-10-14/h3-4,7-8,14H,2,5-6,9-10H2,1H3. The number of hydrogen-bond acceptors (Lipinski definition) is 2. The molecular weight excluding hydrogens is 192 g/mol. The summed E-state index contributed by atoms with van der Waals surface area (Å²) in [6.07, 6.45) is 3.24. The molecule has 0 fully saturated rings. The minimum atomic E-state index is 0.803. The highest BCUT2D eigenvalue weighted by Crippen LogP contribution is 2.18. The van der Waals surface area contributed by atoms with E-state index in [1.165, 1.54) is 5.56 Å². The third-order valence-electron chi connectivity index (χ3n) is 2.16. The van der Waals surface area contributed by atoms with Crippen molar-refractivity contribution in [1.82, 2.24) is 0 Å². The van der Waals surface area contributed by atoms with E-state index in [4.69, 9.17) is 4.74 Å². The van der Waals surface area contributed by atoms with E-state index in [0.29, 0.717) is 0 Å². The molecule has 1 aromatic carbocycles. The molecule has 0 atom stereocenters. The highest BCUT2D eigenvalue weighted by atomic mass is 32.1. The summed E-state index contributed by atoms with van der Waals surface area (Å²) in [6, 6.07) is 8.24. The second-order valence-electron chi connectivity index (χ2n) is 3.24. The zero-order valence-corrected chi connectivity index (χ0v) is 9.59. The van der Waals surface area contributed by atoms with Crippen LogP contribution in [0.4, 0.5) is 0 Å². The maximum atomic E-state index is 5.70. The van der Waals surface area contributed by atoms with Crippen LogP contribution in [0.2, 0.25) is 0 Å². The monoisotopic (exact) mass is 210 g/mol. The lowest BCUT2D eigenvalue weighted by molar-refractivity contribution is 0.307. The molecule has 0 unspecified atom stereocenters. The van der Waals surface area contributed by atoms with Gasteiger partial charge in [0.05, 0.1) is 6.61 Å². The molecule has 0 amide bonds. The molecule has 1 rings (SSSR count). The number of aryl methyl sites for hydroxylation is 1. The lowest BCUT2D eigenvalue weighted by Gasteiger charge is -2.09. The van der Waals surface area contributed by atoms with Crippen molar-refractivity contribution < 1.29 is 4.74 Å². The van der Waals surface area contributed by atoms with Gasteiger partial charge in [-0.3, -0.25) is 0 Å². The van der Waals surface area contributed by atoms with Gasteiger partial charge < -0.3 is 4.74 Å². The van der Waals surface area contributed by atoms with E-state index < -0.39 is 0 Å². The molecule has 0 radical (unpaired) electrons. The highest BCUT2D eigenvalue weighted by molar-refractivity contribution is 7.80. The Morgan fingerprint density at radius 2 is 2.00 bits per heavy atom. The Morgan fingerprint density at radius 3 is 2.71 bits per heavy atom. The molecule has 0 spiro atoms. The number of ether oxygens (including phenoxy) is 1. The molecule has 14 heavy (non-hydrogen) atoms. The Kier molecular flexibility index (Phi) is 5.53. The molecule has 0 aliphatic heterocycles. The van der Waals surface area contributed by atoms with Gasteiger partial charge in [-0.25, -0.2) is 0 Å². The summed E-state index contributed by atoms with van der Waals surface area (Å²) < 4.78 is 5.70. The molecule has 0 N–H and O–H groups in total. The molecule has 0 aromatic heterocycles. The van der Waals surface area contributed by atoms with E-state index in [2.05, 4.69) is 31.7 Å². The number of hydrogen-bond donors (Lipinski definition) is 1. The maximum absolute atomic E-state index is 5.70. The zero-order valence-electron chi connectivity index (χ0n) is 8.70. The smallest absolute Gasteiger partial charge is 0.122 e. The summed E-state index contributed by atoms with van der Waals surface area (Å²) in [4.78, 5) is 0. The van der Waals surface area contributed by atoms with Crippen LogP contribution in [0, 0.1) is 0 Å². The van der Waals surface area contributed by atoms with Crippen molar-refractivity contribution in [3.05, 3.63) is 29.8 Å². The summed E-state index contributed by atoms with van der Waals surface area (Å²) in [5.74, 6) is 1.98. The normalized spacial score (nSPS) is 10.1. The predicted octanol–water partition coefficient (Wildman–Crippen LogP) is 3.34. The van der Waals surface area contributed by atoms with Crippen LogP contribution >= 0.6 is 12.6 Å². The van der Waals surface area contributed by atoms with E-state index in [9.17, 15) is 0 Å². The predicted molar refractivity (Wildman–Crippen MR) is 64.4 cm³/mol. The van der Waals surface area contributed by atoms with Gasteiger partial charge in [0.2, 0.25) is 0 Å². The van der Waals surface area contributed by atoms with Crippen molar-refractivity contribution >= 4 is 12.6 Å². The second kappa shape index (κ2) is 6.77.